The van der Waals surface area contributed by atoms with Gasteiger partial charge in [-0.15, -0.1) is 0 Å². The van der Waals surface area contributed by atoms with Crippen LogP contribution >= 0.6 is 0 Å². The molecule has 2 aromatic carbocycles. The number of nitrogens with zero attached hydrogens (tertiary/aromatic N) is 3. The molecule has 10 nitrogen and oxygen atoms in total. The van der Waals surface area contributed by atoms with Gasteiger partial charge in [-0.25, -0.2) is 14.2 Å². The van der Waals surface area contributed by atoms with E-state index in [0.29, 0.717) is 0 Å². The number of nitro benzene ring substituents is 1. The van der Waals surface area contributed by atoms with Crippen LogP contribution in [0.3, 0.4) is 0 Å². The number of nitro groups is 1. The summed E-state index contributed by atoms with van der Waals surface area (Å²) < 4.78 is 20.4. The van der Waals surface area contributed by atoms with Gasteiger partial charge in [0.1, 0.15) is 17.1 Å². The number of carbonyl (C=O) groups is 2. The summed E-state index contributed by atoms with van der Waals surface area (Å²) in [6.07, 6.45) is 3.60. The number of hydrogen-bond donors (Lipinski definition) is 2. The minimum Gasteiger partial charge on any atom is -0.444 e. The highest BCUT2D eigenvalue weighted by Gasteiger charge is 2.21. The van der Waals surface area contributed by atoms with Gasteiger partial charge in [-0.1, -0.05) is 0 Å². The number of nitrogens with one attached hydrogen (secondary N) is 2. The van der Waals surface area contributed by atoms with E-state index in [2.05, 4.69) is 15.6 Å². The summed E-state index contributed by atoms with van der Waals surface area (Å²) in [5, 5.41) is 16.4. The predicted octanol–water partition coefficient (Wildman–Crippen LogP) is 4.52. The lowest BCUT2D eigenvalue weighted by atomic mass is 10.1. The molecule has 0 aliphatic heterocycles. The fourth-order valence-corrected chi connectivity index (χ4v) is 2.77. The Hall–Kier alpha value is -4.28. The first-order chi connectivity index (χ1) is 15.0. The second-order valence-electron chi connectivity index (χ2n) is 7.70. The zero-order chi connectivity index (χ0) is 23.5. The van der Waals surface area contributed by atoms with E-state index < -0.39 is 28.3 Å². The van der Waals surface area contributed by atoms with E-state index in [4.69, 9.17) is 4.74 Å². The molecule has 1 aromatic heterocycles. The fourth-order valence-electron chi connectivity index (χ4n) is 2.77. The van der Waals surface area contributed by atoms with Crippen molar-refractivity contribution in [3.63, 3.8) is 0 Å². The molecule has 0 aliphatic carbocycles. The number of rotatable bonds is 5. The van der Waals surface area contributed by atoms with Crippen LogP contribution in [-0.2, 0) is 4.74 Å². The standard InChI is InChI=1S/C21H20FN5O5/c1-21(2,3)32-20(29)25-15-6-5-14(22)11-16(15)24-19(28)13-4-7-17(18(10-13)27(30)31)26-9-8-23-12-26/h4-12H,1-3H3,(H,24,28)(H,25,29). The van der Waals surface area contributed by atoms with Gasteiger partial charge in [0.15, 0.2) is 0 Å². The molecule has 0 fully saturated rings. The molecule has 0 saturated heterocycles. The highest BCUT2D eigenvalue weighted by atomic mass is 19.1. The Morgan fingerprint density at radius 1 is 1.12 bits per heavy atom. The van der Waals surface area contributed by atoms with E-state index in [-0.39, 0.29) is 28.3 Å². The Morgan fingerprint density at radius 3 is 2.50 bits per heavy atom. The van der Waals surface area contributed by atoms with Gasteiger partial charge < -0.3 is 14.6 Å². The van der Waals surface area contributed by atoms with Crippen molar-refractivity contribution in [2.24, 2.45) is 0 Å². The SMILES string of the molecule is CC(C)(C)OC(=O)Nc1ccc(F)cc1NC(=O)c1ccc(-n2ccnc2)c([N+](=O)[O-])c1. The first kappa shape index (κ1) is 22.4. The Labute approximate surface area is 182 Å². The van der Waals surface area contributed by atoms with Crippen LogP contribution in [0.1, 0.15) is 31.1 Å². The molecule has 2 amide bonds. The van der Waals surface area contributed by atoms with Gasteiger partial charge in [0.25, 0.3) is 11.6 Å². The van der Waals surface area contributed by atoms with Crippen LogP contribution in [-0.4, -0.2) is 32.1 Å². The maximum atomic E-state index is 13.8. The summed E-state index contributed by atoms with van der Waals surface area (Å²) in [5.41, 5.74) is -0.832. The van der Waals surface area contributed by atoms with Crippen LogP contribution in [0.4, 0.5) is 26.2 Å². The van der Waals surface area contributed by atoms with Crippen molar-refractivity contribution >= 4 is 29.1 Å². The molecule has 0 spiro atoms. The number of benzene rings is 2. The van der Waals surface area contributed by atoms with Gasteiger partial charge in [-0.3, -0.25) is 20.2 Å². The van der Waals surface area contributed by atoms with E-state index in [1.54, 1.807) is 20.8 Å². The van der Waals surface area contributed by atoms with E-state index in [0.717, 1.165) is 18.2 Å². The normalized spacial score (nSPS) is 11.0. The van der Waals surface area contributed by atoms with E-state index in [1.807, 2.05) is 0 Å². The fraction of sp³-hybridized carbons (Fsp3) is 0.190. The first-order valence-corrected chi connectivity index (χ1v) is 9.41. The van der Waals surface area contributed by atoms with E-state index >= 15 is 0 Å². The molecule has 1 heterocycles. The lowest BCUT2D eigenvalue weighted by Crippen LogP contribution is -2.27. The number of aromatic nitrogens is 2. The van der Waals surface area contributed by atoms with Crippen LogP contribution in [0, 0.1) is 15.9 Å². The molecule has 3 aromatic rings. The van der Waals surface area contributed by atoms with Crippen molar-refractivity contribution in [1.29, 1.82) is 0 Å². The molecule has 166 valence electrons. The average Bonchev–Trinajstić information content (AvgIpc) is 3.22. The molecule has 11 heteroatoms. The quantitative estimate of drug-likeness (QED) is 0.442. The number of imidazole rings is 1. The monoisotopic (exact) mass is 441 g/mol. The molecule has 0 aliphatic rings. The minimum absolute atomic E-state index is 0.0342. The number of carbonyl (C=O) groups excluding carboxylic acids is 2. The summed E-state index contributed by atoms with van der Waals surface area (Å²) in [4.78, 5) is 39.6. The lowest BCUT2D eigenvalue weighted by molar-refractivity contribution is -0.384. The van der Waals surface area contributed by atoms with Gasteiger partial charge in [0.2, 0.25) is 0 Å². The maximum absolute atomic E-state index is 13.8. The number of hydrogen-bond acceptors (Lipinski definition) is 6. The summed E-state index contributed by atoms with van der Waals surface area (Å²) in [5.74, 6) is -1.39. The maximum Gasteiger partial charge on any atom is 0.412 e. The smallest absolute Gasteiger partial charge is 0.412 e. The zero-order valence-electron chi connectivity index (χ0n) is 17.5. The van der Waals surface area contributed by atoms with Crippen molar-refractivity contribution in [1.82, 2.24) is 9.55 Å². The molecule has 0 bridgehead atoms. The molecule has 2 N–H and O–H groups in total. The van der Waals surface area contributed by atoms with Gasteiger partial charge >= 0.3 is 6.09 Å². The van der Waals surface area contributed by atoms with Crippen molar-refractivity contribution in [3.05, 3.63) is 76.6 Å². The van der Waals surface area contributed by atoms with Crippen LogP contribution < -0.4 is 10.6 Å². The molecule has 32 heavy (non-hydrogen) atoms. The Bertz CT molecular complexity index is 1170. The summed E-state index contributed by atoms with van der Waals surface area (Å²) >= 11 is 0. The third kappa shape index (κ3) is 5.45. The van der Waals surface area contributed by atoms with Crippen molar-refractivity contribution in [2.45, 2.75) is 26.4 Å². The summed E-state index contributed by atoms with van der Waals surface area (Å²) in [7, 11) is 0. The van der Waals surface area contributed by atoms with Crippen molar-refractivity contribution in [2.75, 3.05) is 10.6 Å². The Kier molecular flexibility index (Phi) is 6.19. The van der Waals surface area contributed by atoms with E-state index in [9.17, 15) is 24.1 Å². The largest absolute Gasteiger partial charge is 0.444 e. The first-order valence-electron chi connectivity index (χ1n) is 9.41. The number of ether oxygens (including phenoxy) is 1. The van der Waals surface area contributed by atoms with Gasteiger partial charge in [0, 0.05) is 24.0 Å². The number of amides is 2. The molecule has 3 rings (SSSR count). The Morgan fingerprint density at radius 2 is 1.88 bits per heavy atom. The predicted molar refractivity (Wildman–Crippen MR) is 114 cm³/mol. The second-order valence-corrected chi connectivity index (χ2v) is 7.70. The molecular weight excluding hydrogens is 421 g/mol. The van der Waals surface area contributed by atoms with Crippen LogP contribution in [0.2, 0.25) is 0 Å². The number of halogens is 1. The van der Waals surface area contributed by atoms with Crippen molar-refractivity contribution in [3.8, 4) is 5.69 Å². The van der Waals surface area contributed by atoms with Crippen molar-refractivity contribution < 1.29 is 23.6 Å². The molecular formula is C21H20FN5O5. The minimum atomic E-state index is -0.792. The average molecular weight is 441 g/mol. The highest BCUT2D eigenvalue weighted by molar-refractivity contribution is 6.07. The van der Waals surface area contributed by atoms with Crippen LogP contribution in [0.5, 0.6) is 0 Å². The molecule has 0 saturated carbocycles. The third-order valence-electron chi connectivity index (χ3n) is 4.08. The molecule has 0 atom stereocenters. The number of anilines is 2. The molecule has 0 unspecified atom stereocenters. The topological polar surface area (TPSA) is 128 Å². The summed E-state index contributed by atoms with van der Waals surface area (Å²) in [6, 6.07) is 7.27. The third-order valence-corrected chi connectivity index (χ3v) is 4.08. The highest BCUT2D eigenvalue weighted by Crippen LogP contribution is 2.27. The molecule has 0 radical (unpaired) electrons. The van der Waals surface area contributed by atoms with Gasteiger partial charge in [0.05, 0.1) is 22.6 Å². The zero-order valence-corrected chi connectivity index (χ0v) is 17.5. The van der Waals surface area contributed by atoms with E-state index in [1.165, 1.54) is 41.5 Å². The summed E-state index contributed by atoms with van der Waals surface area (Å²) in [6.45, 7) is 5.04. The van der Waals surface area contributed by atoms with Crippen LogP contribution in [0.25, 0.3) is 5.69 Å². The van der Waals surface area contributed by atoms with Gasteiger partial charge in [-0.05, 0) is 51.1 Å². The van der Waals surface area contributed by atoms with Gasteiger partial charge in [-0.2, -0.15) is 0 Å². The lowest BCUT2D eigenvalue weighted by Gasteiger charge is -2.20. The second kappa shape index (κ2) is 8.84. The van der Waals surface area contributed by atoms with Crippen LogP contribution in [0.15, 0.2) is 55.1 Å². The Balaban J connectivity index is 1.87.